The Kier molecular flexibility index (Phi) is 5.77. The van der Waals surface area contributed by atoms with Crippen LogP contribution in [0, 0.1) is 5.92 Å². The standard InChI is InChI=1S/C19H29N5O4/c1-11(7-12-5-3-2-4-6-12)23-17-14-18(21-9-20-17)24(10-22-14)19-16(27)15(26)13(8-25)28-19/h9-13,15-16,19,25-27H,2-8H2,1H3,(H,20,21,23). The molecular weight excluding hydrogens is 362 g/mol. The molecule has 4 rings (SSSR count). The van der Waals surface area contributed by atoms with Crippen molar-refractivity contribution in [2.24, 2.45) is 5.92 Å². The van der Waals surface area contributed by atoms with E-state index in [1.807, 2.05) is 0 Å². The molecule has 2 aliphatic rings. The molecule has 1 saturated heterocycles. The molecule has 0 radical (unpaired) electrons. The van der Waals surface area contributed by atoms with Gasteiger partial charge in [0.15, 0.2) is 23.2 Å². The molecule has 0 amide bonds. The van der Waals surface area contributed by atoms with Crippen molar-refractivity contribution in [1.29, 1.82) is 0 Å². The number of anilines is 1. The number of imidazole rings is 1. The van der Waals surface area contributed by atoms with Crippen LogP contribution in [0.15, 0.2) is 12.7 Å². The maximum absolute atomic E-state index is 10.3. The Bertz CT molecular complexity index is 794. The quantitative estimate of drug-likeness (QED) is 0.579. The molecule has 0 aromatic carbocycles. The second-order valence-corrected chi connectivity index (χ2v) is 8.06. The Morgan fingerprint density at radius 1 is 1.18 bits per heavy atom. The first kappa shape index (κ1) is 19.5. The topological polar surface area (TPSA) is 126 Å². The van der Waals surface area contributed by atoms with Gasteiger partial charge in [0.1, 0.15) is 24.6 Å². The van der Waals surface area contributed by atoms with E-state index < -0.39 is 24.5 Å². The number of nitrogens with zero attached hydrogens (tertiary/aromatic N) is 4. The second kappa shape index (κ2) is 8.28. The predicted octanol–water partition coefficient (Wildman–Crippen LogP) is 1.21. The first-order valence-electron chi connectivity index (χ1n) is 10.1. The molecule has 2 aromatic heterocycles. The second-order valence-electron chi connectivity index (χ2n) is 8.06. The molecule has 3 heterocycles. The lowest BCUT2D eigenvalue weighted by Gasteiger charge is -2.25. The molecule has 1 aliphatic heterocycles. The summed E-state index contributed by atoms with van der Waals surface area (Å²) in [5.41, 5.74) is 1.10. The van der Waals surface area contributed by atoms with E-state index in [9.17, 15) is 15.3 Å². The summed E-state index contributed by atoms with van der Waals surface area (Å²) < 4.78 is 7.18. The van der Waals surface area contributed by atoms with Crippen molar-refractivity contribution < 1.29 is 20.1 Å². The van der Waals surface area contributed by atoms with E-state index in [-0.39, 0.29) is 12.6 Å². The molecule has 0 bridgehead atoms. The monoisotopic (exact) mass is 391 g/mol. The van der Waals surface area contributed by atoms with E-state index in [0.717, 1.165) is 12.3 Å². The number of hydrogen-bond donors (Lipinski definition) is 4. The molecule has 2 fully saturated rings. The Balaban J connectivity index is 1.52. The van der Waals surface area contributed by atoms with E-state index in [4.69, 9.17) is 4.74 Å². The van der Waals surface area contributed by atoms with Crippen molar-refractivity contribution in [3.05, 3.63) is 12.7 Å². The SMILES string of the molecule is CC(CC1CCCCC1)Nc1ncnc2c1ncn2C1OC(CO)C(O)C1O. The zero-order valence-corrected chi connectivity index (χ0v) is 16.1. The first-order chi connectivity index (χ1) is 13.6. The fourth-order valence-corrected chi connectivity index (χ4v) is 4.47. The minimum Gasteiger partial charge on any atom is -0.394 e. The number of aromatic nitrogens is 4. The lowest BCUT2D eigenvalue weighted by Crippen LogP contribution is -2.33. The molecule has 0 spiro atoms. The molecule has 1 aliphatic carbocycles. The van der Waals surface area contributed by atoms with Crippen molar-refractivity contribution in [1.82, 2.24) is 19.5 Å². The number of fused-ring (bicyclic) bond motifs is 1. The zero-order chi connectivity index (χ0) is 19.7. The molecule has 1 saturated carbocycles. The molecule has 9 nitrogen and oxygen atoms in total. The molecule has 28 heavy (non-hydrogen) atoms. The Labute approximate surface area is 163 Å². The highest BCUT2D eigenvalue weighted by molar-refractivity contribution is 5.82. The minimum atomic E-state index is -1.17. The van der Waals surface area contributed by atoms with Crippen LogP contribution >= 0.6 is 0 Å². The summed E-state index contributed by atoms with van der Waals surface area (Å²) in [4.78, 5) is 13.1. The van der Waals surface area contributed by atoms with Crippen LogP contribution in [0.25, 0.3) is 11.2 Å². The van der Waals surface area contributed by atoms with Gasteiger partial charge in [-0.05, 0) is 19.3 Å². The Hall–Kier alpha value is -1.81. The van der Waals surface area contributed by atoms with Crippen LogP contribution in [0.4, 0.5) is 5.82 Å². The van der Waals surface area contributed by atoms with Crippen LogP contribution in [0.3, 0.4) is 0 Å². The van der Waals surface area contributed by atoms with Crippen molar-refractivity contribution in [2.75, 3.05) is 11.9 Å². The van der Waals surface area contributed by atoms with E-state index in [2.05, 4.69) is 27.2 Å². The summed E-state index contributed by atoms with van der Waals surface area (Å²) >= 11 is 0. The van der Waals surface area contributed by atoms with Crippen LogP contribution in [0.1, 0.15) is 51.7 Å². The number of aliphatic hydroxyl groups is 3. The van der Waals surface area contributed by atoms with Crippen molar-refractivity contribution in [3.63, 3.8) is 0 Å². The van der Waals surface area contributed by atoms with Gasteiger partial charge >= 0.3 is 0 Å². The van der Waals surface area contributed by atoms with Gasteiger partial charge in [-0.15, -0.1) is 0 Å². The van der Waals surface area contributed by atoms with Crippen molar-refractivity contribution >= 4 is 17.0 Å². The molecule has 154 valence electrons. The van der Waals surface area contributed by atoms with Gasteiger partial charge in [-0.25, -0.2) is 15.0 Å². The summed E-state index contributed by atoms with van der Waals surface area (Å²) in [5.74, 6) is 1.41. The van der Waals surface area contributed by atoms with E-state index >= 15 is 0 Å². The molecule has 9 heteroatoms. The maximum Gasteiger partial charge on any atom is 0.167 e. The van der Waals surface area contributed by atoms with Gasteiger partial charge in [0.05, 0.1) is 12.9 Å². The Morgan fingerprint density at radius 2 is 1.96 bits per heavy atom. The predicted molar refractivity (Wildman–Crippen MR) is 103 cm³/mol. The van der Waals surface area contributed by atoms with Gasteiger partial charge in [0.25, 0.3) is 0 Å². The lowest BCUT2D eigenvalue weighted by atomic mass is 9.85. The number of aliphatic hydroxyl groups excluding tert-OH is 3. The average Bonchev–Trinajstić information content (AvgIpc) is 3.25. The zero-order valence-electron chi connectivity index (χ0n) is 16.1. The lowest BCUT2D eigenvalue weighted by molar-refractivity contribution is -0.0511. The molecule has 5 atom stereocenters. The van der Waals surface area contributed by atoms with Gasteiger partial charge in [-0.3, -0.25) is 4.57 Å². The minimum absolute atomic E-state index is 0.264. The van der Waals surface area contributed by atoms with Crippen LogP contribution in [-0.2, 0) is 4.74 Å². The largest absolute Gasteiger partial charge is 0.394 e. The van der Waals surface area contributed by atoms with Crippen molar-refractivity contribution in [3.8, 4) is 0 Å². The summed E-state index contributed by atoms with van der Waals surface area (Å²) in [6, 6.07) is 0.264. The third-order valence-corrected chi connectivity index (χ3v) is 5.94. The van der Waals surface area contributed by atoms with Gasteiger partial charge in [0, 0.05) is 6.04 Å². The van der Waals surface area contributed by atoms with Crippen LogP contribution in [-0.4, -0.2) is 65.8 Å². The van der Waals surface area contributed by atoms with E-state index in [1.54, 1.807) is 4.57 Å². The summed E-state index contributed by atoms with van der Waals surface area (Å²) in [6.07, 6.45) is 6.63. The molecule has 4 N–H and O–H groups in total. The summed E-state index contributed by atoms with van der Waals surface area (Å²) in [5, 5.41) is 33.1. The smallest absolute Gasteiger partial charge is 0.167 e. The summed E-state index contributed by atoms with van der Waals surface area (Å²) in [7, 11) is 0. The van der Waals surface area contributed by atoms with Crippen LogP contribution < -0.4 is 5.32 Å². The molecular formula is C19H29N5O4. The number of rotatable bonds is 6. The van der Waals surface area contributed by atoms with Gasteiger partial charge in [-0.1, -0.05) is 32.1 Å². The highest BCUT2D eigenvalue weighted by atomic mass is 16.6. The third kappa shape index (κ3) is 3.71. The first-order valence-corrected chi connectivity index (χ1v) is 10.1. The van der Waals surface area contributed by atoms with Gasteiger partial charge in [0.2, 0.25) is 0 Å². The normalized spacial score (nSPS) is 30.0. The van der Waals surface area contributed by atoms with E-state index in [1.165, 1.54) is 44.8 Å². The fraction of sp³-hybridized carbons (Fsp3) is 0.737. The maximum atomic E-state index is 10.3. The Morgan fingerprint density at radius 3 is 2.68 bits per heavy atom. The van der Waals surface area contributed by atoms with Gasteiger partial charge < -0.3 is 25.4 Å². The van der Waals surface area contributed by atoms with Crippen LogP contribution in [0.2, 0.25) is 0 Å². The van der Waals surface area contributed by atoms with Gasteiger partial charge in [-0.2, -0.15) is 0 Å². The highest BCUT2D eigenvalue weighted by Gasteiger charge is 2.44. The van der Waals surface area contributed by atoms with Crippen molar-refractivity contribution in [2.45, 2.75) is 76.0 Å². The number of ether oxygens (including phenoxy) is 1. The average molecular weight is 391 g/mol. The number of nitrogens with one attached hydrogen (secondary N) is 1. The fourth-order valence-electron chi connectivity index (χ4n) is 4.47. The molecule has 5 unspecified atom stereocenters. The van der Waals surface area contributed by atoms with Crippen LogP contribution in [0.5, 0.6) is 0 Å². The summed E-state index contributed by atoms with van der Waals surface area (Å²) in [6.45, 7) is 1.79. The molecule has 2 aromatic rings. The van der Waals surface area contributed by atoms with E-state index in [0.29, 0.717) is 17.0 Å². The highest BCUT2D eigenvalue weighted by Crippen LogP contribution is 2.33. The third-order valence-electron chi connectivity index (χ3n) is 5.94. The number of hydrogen-bond acceptors (Lipinski definition) is 8.